The molecule has 0 amide bonds. The highest BCUT2D eigenvalue weighted by atomic mass is 19.1. The third-order valence-electron chi connectivity index (χ3n) is 6.27. The molecular formula is C27H27FN4. The van der Waals surface area contributed by atoms with Crippen molar-refractivity contribution in [1.29, 1.82) is 0 Å². The molecule has 1 atom stereocenters. The van der Waals surface area contributed by atoms with Crippen LogP contribution in [0.15, 0.2) is 79.1 Å². The molecule has 0 fully saturated rings. The smallest absolute Gasteiger partial charge is 0.123 e. The normalized spacial score (nSPS) is 15.3. The molecule has 0 unspecified atom stereocenters. The molecule has 1 aliphatic rings. The number of aromatic nitrogens is 3. The minimum Gasteiger partial charge on any atom is -0.323 e. The lowest BCUT2D eigenvalue weighted by Gasteiger charge is -2.24. The maximum absolute atomic E-state index is 13.5. The zero-order valence-electron chi connectivity index (χ0n) is 18.3. The fourth-order valence-electron chi connectivity index (χ4n) is 4.66. The average Bonchev–Trinajstić information content (AvgIpc) is 3.39. The van der Waals surface area contributed by atoms with E-state index >= 15 is 0 Å². The molecule has 3 heterocycles. The molecule has 4 aromatic rings. The minimum atomic E-state index is -0.233. The molecule has 0 aliphatic carbocycles. The lowest BCUT2D eigenvalue weighted by atomic mass is 10.0. The molecule has 2 aromatic carbocycles. The quantitative estimate of drug-likeness (QED) is 0.396. The molecule has 0 spiro atoms. The van der Waals surface area contributed by atoms with Crippen molar-refractivity contribution in [2.24, 2.45) is 0 Å². The van der Waals surface area contributed by atoms with Crippen molar-refractivity contribution in [2.45, 2.75) is 25.3 Å². The predicted molar refractivity (Wildman–Crippen MR) is 126 cm³/mol. The third-order valence-corrected chi connectivity index (χ3v) is 6.27. The summed E-state index contributed by atoms with van der Waals surface area (Å²) in [5, 5.41) is 0. The Bertz CT molecular complexity index is 1170. The van der Waals surface area contributed by atoms with Crippen LogP contribution in [0.2, 0.25) is 0 Å². The molecular weight excluding hydrogens is 399 g/mol. The molecule has 0 radical (unpaired) electrons. The van der Waals surface area contributed by atoms with E-state index in [1.165, 1.54) is 17.7 Å². The Morgan fingerprint density at radius 1 is 0.969 bits per heavy atom. The van der Waals surface area contributed by atoms with Crippen LogP contribution in [0.25, 0.3) is 22.5 Å². The molecule has 0 bridgehead atoms. The number of fused-ring (bicyclic) bond motifs is 1. The number of hydrogen-bond acceptors (Lipinski definition) is 3. The van der Waals surface area contributed by atoms with Crippen LogP contribution in [0, 0.1) is 5.82 Å². The van der Waals surface area contributed by atoms with Gasteiger partial charge in [-0.3, -0.25) is 4.98 Å². The van der Waals surface area contributed by atoms with Crippen LogP contribution < -0.4 is 0 Å². The summed E-state index contributed by atoms with van der Waals surface area (Å²) < 4.78 is 16.0. The summed E-state index contributed by atoms with van der Waals surface area (Å²) in [6.45, 7) is 1.98. The van der Waals surface area contributed by atoms with E-state index in [2.05, 4.69) is 51.8 Å². The van der Waals surface area contributed by atoms with Crippen LogP contribution in [-0.2, 0) is 12.8 Å². The molecule has 4 nitrogen and oxygen atoms in total. The minimum absolute atomic E-state index is 0.233. The number of aryl methyl sites for hydroxylation is 1. The van der Waals surface area contributed by atoms with E-state index in [1.54, 1.807) is 0 Å². The van der Waals surface area contributed by atoms with Gasteiger partial charge < -0.3 is 9.47 Å². The van der Waals surface area contributed by atoms with E-state index in [1.807, 2.05) is 36.7 Å². The monoisotopic (exact) mass is 426 g/mol. The average molecular weight is 427 g/mol. The summed E-state index contributed by atoms with van der Waals surface area (Å²) in [4.78, 5) is 11.6. The molecule has 0 saturated carbocycles. The van der Waals surface area contributed by atoms with Crippen LogP contribution in [0.3, 0.4) is 0 Å². The second kappa shape index (κ2) is 9.05. The maximum atomic E-state index is 13.5. The molecule has 32 heavy (non-hydrogen) atoms. The van der Waals surface area contributed by atoms with Crippen molar-refractivity contribution >= 4 is 0 Å². The first-order chi connectivity index (χ1) is 15.7. The highest BCUT2D eigenvalue weighted by molar-refractivity contribution is 5.79. The summed E-state index contributed by atoms with van der Waals surface area (Å²) in [5.41, 5.74) is 5.43. The van der Waals surface area contributed by atoms with Gasteiger partial charge in [-0.2, -0.15) is 0 Å². The van der Waals surface area contributed by atoms with E-state index in [4.69, 9.17) is 4.98 Å². The molecule has 5 heteroatoms. The Hall–Kier alpha value is -3.31. The first kappa shape index (κ1) is 20.6. The highest BCUT2D eigenvalue weighted by Gasteiger charge is 2.30. The van der Waals surface area contributed by atoms with Crippen LogP contribution in [0.1, 0.15) is 23.9 Å². The van der Waals surface area contributed by atoms with Crippen molar-refractivity contribution in [2.75, 3.05) is 20.1 Å². The van der Waals surface area contributed by atoms with Gasteiger partial charge in [0.15, 0.2) is 0 Å². The van der Waals surface area contributed by atoms with E-state index in [-0.39, 0.29) is 5.82 Å². The predicted octanol–water partition coefficient (Wildman–Crippen LogP) is 5.41. The van der Waals surface area contributed by atoms with Crippen molar-refractivity contribution in [1.82, 2.24) is 19.4 Å². The van der Waals surface area contributed by atoms with E-state index in [9.17, 15) is 4.39 Å². The Morgan fingerprint density at radius 2 is 1.72 bits per heavy atom. The number of likely N-dealkylation sites (N-methyl/N-ethyl adjacent to an activating group) is 1. The van der Waals surface area contributed by atoms with Gasteiger partial charge in [0.2, 0.25) is 0 Å². The zero-order chi connectivity index (χ0) is 21.9. The van der Waals surface area contributed by atoms with Gasteiger partial charge in [0, 0.05) is 49.1 Å². The zero-order valence-corrected chi connectivity index (χ0v) is 18.3. The Morgan fingerprint density at radius 3 is 2.47 bits per heavy atom. The maximum Gasteiger partial charge on any atom is 0.123 e. The van der Waals surface area contributed by atoms with Crippen molar-refractivity contribution in [3.63, 3.8) is 0 Å². The van der Waals surface area contributed by atoms with E-state index in [0.29, 0.717) is 6.04 Å². The van der Waals surface area contributed by atoms with Gasteiger partial charge in [0.1, 0.15) is 11.6 Å². The SMILES string of the molecule is CN(CCc1ccccc1)C[C@@H]1CCc2nc(-c3ccc(F)cc3)c(-c3ccncc3)n21. The number of rotatable bonds is 7. The summed E-state index contributed by atoms with van der Waals surface area (Å²) in [7, 11) is 2.20. The van der Waals surface area contributed by atoms with Gasteiger partial charge in [-0.15, -0.1) is 0 Å². The second-order valence-corrected chi connectivity index (χ2v) is 8.53. The van der Waals surface area contributed by atoms with Crippen LogP contribution in [0.4, 0.5) is 4.39 Å². The Labute approximate surface area is 188 Å². The van der Waals surface area contributed by atoms with Crippen molar-refractivity contribution in [3.8, 4) is 22.5 Å². The van der Waals surface area contributed by atoms with Gasteiger partial charge in [-0.05, 0) is 61.9 Å². The standard InChI is InChI=1S/C27H27FN4/c1-31(18-15-20-5-3-2-4-6-20)19-24-11-12-25-30-26(21-7-9-23(28)10-8-21)27(32(24)25)22-13-16-29-17-14-22/h2-10,13-14,16-17,24H,11-12,15,18-19H2,1H3/t24-/m0/s1. The van der Waals surface area contributed by atoms with Crippen LogP contribution >= 0.6 is 0 Å². The Kier molecular flexibility index (Phi) is 5.82. The third kappa shape index (κ3) is 4.21. The molecule has 162 valence electrons. The summed E-state index contributed by atoms with van der Waals surface area (Å²) in [6.07, 6.45) is 6.72. The summed E-state index contributed by atoms with van der Waals surface area (Å²) in [6, 6.07) is 21.7. The molecule has 2 aromatic heterocycles. The summed E-state index contributed by atoms with van der Waals surface area (Å²) in [5.74, 6) is 0.876. The number of nitrogens with zero attached hydrogens (tertiary/aromatic N) is 4. The van der Waals surface area contributed by atoms with Crippen LogP contribution in [-0.4, -0.2) is 39.6 Å². The van der Waals surface area contributed by atoms with Gasteiger partial charge >= 0.3 is 0 Å². The number of pyridine rings is 1. The van der Waals surface area contributed by atoms with Crippen molar-refractivity contribution < 1.29 is 4.39 Å². The van der Waals surface area contributed by atoms with Gasteiger partial charge in [0.25, 0.3) is 0 Å². The lowest BCUT2D eigenvalue weighted by molar-refractivity contribution is 0.284. The van der Waals surface area contributed by atoms with Gasteiger partial charge in [-0.1, -0.05) is 30.3 Å². The first-order valence-corrected chi connectivity index (χ1v) is 11.2. The van der Waals surface area contributed by atoms with Gasteiger partial charge in [0.05, 0.1) is 11.4 Å². The van der Waals surface area contributed by atoms with Crippen LogP contribution in [0.5, 0.6) is 0 Å². The fraction of sp³-hybridized carbons (Fsp3) is 0.259. The van der Waals surface area contributed by atoms with E-state index < -0.39 is 0 Å². The first-order valence-electron chi connectivity index (χ1n) is 11.2. The van der Waals surface area contributed by atoms with E-state index in [0.717, 1.165) is 60.7 Å². The number of benzene rings is 2. The Balaban J connectivity index is 1.44. The molecule has 0 N–H and O–H groups in total. The molecule has 0 saturated heterocycles. The highest BCUT2D eigenvalue weighted by Crippen LogP contribution is 2.39. The van der Waals surface area contributed by atoms with Crippen molar-refractivity contribution in [3.05, 3.63) is 96.3 Å². The number of imidazole rings is 1. The largest absolute Gasteiger partial charge is 0.323 e. The molecule has 1 aliphatic heterocycles. The molecule has 5 rings (SSSR count). The number of hydrogen-bond donors (Lipinski definition) is 0. The second-order valence-electron chi connectivity index (χ2n) is 8.53. The lowest BCUT2D eigenvalue weighted by Crippen LogP contribution is -2.28. The summed E-state index contributed by atoms with van der Waals surface area (Å²) >= 11 is 0. The fourth-order valence-corrected chi connectivity index (χ4v) is 4.66. The van der Waals surface area contributed by atoms with Gasteiger partial charge in [-0.25, -0.2) is 9.37 Å². The topological polar surface area (TPSA) is 34.0 Å². The number of halogens is 1.